The molecule has 0 spiro atoms. The van der Waals surface area contributed by atoms with Crippen LogP contribution in [0.2, 0.25) is 0 Å². The van der Waals surface area contributed by atoms with Gasteiger partial charge in [0.2, 0.25) is 0 Å². The lowest BCUT2D eigenvalue weighted by Crippen LogP contribution is -1.88. The van der Waals surface area contributed by atoms with Crippen molar-refractivity contribution in [3.8, 4) is 11.5 Å². The van der Waals surface area contributed by atoms with E-state index in [2.05, 4.69) is 4.98 Å². The van der Waals surface area contributed by atoms with Crippen molar-refractivity contribution in [2.24, 2.45) is 0 Å². The Labute approximate surface area is 114 Å². The fraction of sp³-hybridized carbons (Fsp3) is 0. The summed E-state index contributed by atoms with van der Waals surface area (Å²) in [6, 6.07) is 15.4. The summed E-state index contributed by atoms with van der Waals surface area (Å²) < 4.78 is 5.66. The maximum Gasteiger partial charge on any atom is 0.269 e. The van der Waals surface area contributed by atoms with E-state index in [0.717, 1.165) is 10.9 Å². The van der Waals surface area contributed by atoms with Crippen molar-refractivity contribution in [1.29, 1.82) is 0 Å². The van der Waals surface area contributed by atoms with Crippen LogP contribution in [0.15, 0.2) is 60.8 Å². The van der Waals surface area contributed by atoms with Crippen LogP contribution < -0.4 is 4.74 Å². The molecule has 0 saturated heterocycles. The summed E-state index contributed by atoms with van der Waals surface area (Å²) in [6.07, 6.45) is 1.72. The second-order valence-corrected chi connectivity index (χ2v) is 4.21. The van der Waals surface area contributed by atoms with Crippen LogP contribution in [0, 0.1) is 10.1 Å². The summed E-state index contributed by atoms with van der Waals surface area (Å²) in [4.78, 5) is 14.4. The zero-order valence-electron chi connectivity index (χ0n) is 10.4. The molecule has 5 nitrogen and oxygen atoms in total. The minimum Gasteiger partial charge on any atom is -0.457 e. The van der Waals surface area contributed by atoms with Gasteiger partial charge in [-0.25, -0.2) is 0 Å². The van der Waals surface area contributed by atoms with Gasteiger partial charge in [0.15, 0.2) is 0 Å². The lowest BCUT2D eigenvalue weighted by atomic mass is 10.2. The molecule has 0 aliphatic rings. The number of nitro benzene ring substituents is 1. The molecule has 2 aromatic carbocycles. The van der Waals surface area contributed by atoms with Crippen molar-refractivity contribution in [3.05, 3.63) is 70.9 Å². The van der Waals surface area contributed by atoms with Crippen LogP contribution in [0.1, 0.15) is 0 Å². The third-order valence-corrected chi connectivity index (χ3v) is 2.86. The minimum absolute atomic E-state index is 0.0394. The first-order chi connectivity index (χ1) is 9.72. The first-order valence-corrected chi connectivity index (χ1v) is 5.99. The first-order valence-electron chi connectivity index (χ1n) is 5.99. The van der Waals surface area contributed by atoms with Crippen molar-refractivity contribution in [2.45, 2.75) is 0 Å². The Hall–Kier alpha value is -2.95. The van der Waals surface area contributed by atoms with Gasteiger partial charge in [0.05, 0.1) is 10.4 Å². The number of hydrogen-bond donors (Lipinski definition) is 0. The maximum absolute atomic E-state index is 10.6. The van der Waals surface area contributed by atoms with Crippen LogP contribution in [-0.2, 0) is 0 Å². The Morgan fingerprint density at radius 1 is 1.00 bits per heavy atom. The predicted octanol–water partition coefficient (Wildman–Crippen LogP) is 3.94. The van der Waals surface area contributed by atoms with Gasteiger partial charge in [0, 0.05) is 29.8 Å². The fourth-order valence-corrected chi connectivity index (χ4v) is 1.88. The molecule has 98 valence electrons. The monoisotopic (exact) mass is 266 g/mol. The highest BCUT2D eigenvalue weighted by atomic mass is 16.6. The average Bonchev–Trinajstić information content (AvgIpc) is 2.48. The first kappa shape index (κ1) is 12.1. The summed E-state index contributed by atoms with van der Waals surface area (Å²) in [5, 5.41) is 11.6. The maximum atomic E-state index is 10.6. The Balaban J connectivity index is 1.87. The lowest BCUT2D eigenvalue weighted by molar-refractivity contribution is -0.384. The average molecular weight is 266 g/mol. The molecule has 0 saturated carbocycles. The molecule has 0 aliphatic heterocycles. The van der Waals surface area contributed by atoms with E-state index >= 15 is 0 Å². The number of hydrogen-bond acceptors (Lipinski definition) is 4. The van der Waals surface area contributed by atoms with E-state index in [0.29, 0.717) is 11.5 Å². The van der Waals surface area contributed by atoms with Gasteiger partial charge in [-0.15, -0.1) is 0 Å². The second-order valence-electron chi connectivity index (χ2n) is 4.21. The third-order valence-electron chi connectivity index (χ3n) is 2.86. The molecule has 3 aromatic rings. The largest absolute Gasteiger partial charge is 0.457 e. The highest BCUT2D eigenvalue weighted by Gasteiger charge is 2.05. The quantitative estimate of drug-likeness (QED) is 0.532. The molecule has 1 heterocycles. The Bertz CT molecular complexity index is 769. The van der Waals surface area contributed by atoms with Crippen LogP contribution in [-0.4, -0.2) is 9.91 Å². The zero-order valence-corrected chi connectivity index (χ0v) is 10.4. The van der Waals surface area contributed by atoms with Gasteiger partial charge in [0.25, 0.3) is 5.69 Å². The summed E-state index contributed by atoms with van der Waals surface area (Å²) >= 11 is 0. The summed E-state index contributed by atoms with van der Waals surface area (Å²) in [5.74, 6) is 1.19. The topological polar surface area (TPSA) is 65.3 Å². The van der Waals surface area contributed by atoms with Gasteiger partial charge in [-0.3, -0.25) is 15.1 Å². The molecule has 0 amide bonds. The minimum atomic E-state index is -0.441. The SMILES string of the molecule is O=[N+]([O-])c1ccc(Oc2ccc3cccnc3c2)cc1. The highest BCUT2D eigenvalue weighted by Crippen LogP contribution is 2.26. The molecule has 1 aromatic heterocycles. The van der Waals surface area contributed by atoms with Crippen molar-refractivity contribution in [1.82, 2.24) is 4.98 Å². The molecule has 3 rings (SSSR count). The summed E-state index contributed by atoms with van der Waals surface area (Å²) in [5.41, 5.74) is 0.879. The number of fused-ring (bicyclic) bond motifs is 1. The number of rotatable bonds is 3. The molecular formula is C15H10N2O3. The van der Waals surface area contributed by atoms with E-state index in [1.54, 1.807) is 18.3 Å². The molecule has 20 heavy (non-hydrogen) atoms. The summed E-state index contributed by atoms with van der Waals surface area (Å²) in [7, 11) is 0. The van der Waals surface area contributed by atoms with Crippen LogP contribution >= 0.6 is 0 Å². The third kappa shape index (κ3) is 2.42. The lowest BCUT2D eigenvalue weighted by Gasteiger charge is -2.06. The standard InChI is InChI=1S/C15H10N2O3/c18-17(19)12-4-7-13(8-5-12)20-14-6-3-11-2-1-9-16-15(11)10-14/h1-10H. The molecule has 0 radical (unpaired) electrons. The Morgan fingerprint density at radius 3 is 2.50 bits per heavy atom. The van der Waals surface area contributed by atoms with E-state index < -0.39 is 4.92 Å². The van der Waals surface area contributed by atoms with E-state index in [9.17, 15) is 10.1 Å². The number of ether oxygens (including phenoxy) is 1. The molecule has 0 unspecified atom stereocenters. The van der Waals surface area contributed by atoms with Crippen LogP contribution in [0.4, 0.5) is 5.69 Å². The van der Waals surface area contributed by atoms with Crippen LogP contribution in [0.25, 0.3) is 10.9 Å². The Morgan fingerprint density at radius 2 is 1.75 bits per heavy atom. The molecular weight excluding hydrogens is 256 g/mol. The van der Waals surface area contributed by atoms with Gasteiger partial charge >= 0.3 is 0 Å². The zero-order chi connectivity index (χ0) is 13.9. The van der Waals surface area contributed by atoms with Crippen LogP contribution in [0.3, 0.4) is 0 Å². The second kappa shape index (κ2) is 4.97. The molecule has 0 bridgehead atoms. The Kier molecular flexibility index (Phi) is 3.01. The molecule has 0 N–H and O–H groups in total. The van der Waals surface area contributed by atoms with E-state index in [1.165, 1.54) is 12.1 Å². The van der Waals surface area contributed by atoms with Crippen molar-refractivity contribution in [3.63, 3.8) is 0 Å². The highest BCUT2D eigenvalue weighted by molar-refractivity contribution is 5.79. The molecule has 0 atom stereocenters. The number of non-ortho nitro benzene ring substituents is 1. The number of pyridine rings is 1. The molecule has 0 aliphatic carbocycles. The van der Waals surface area contributed by atoms with Crippen molar-refractivity contribution in [2.75, 3.05) is 0 Å². The van der Waals surface area contributed by atoms with Gasteiger partial charge < -0.3 is 4.74 Å². The van der Waals surface area contributed by atoms with E-state index in [1.807, 2.05) is 30.3 Å². The van der Waals surface area contributed by atoms with Crippen molar-refractivity contribution >= 4 is 16.6 Å². The van der Waals surface area contributed by atoms with E-state index in [-0.39, 0.29) is 5.69 Å². The smallest absolute Gasteiger partial charge is 0.269 e. The number of aromatic nitrogens is 1. The van der Waals surface area contributed by atoms with Gasteiger partial charge in [-0.2, -0.15) is 0 Å². The van der Waals surface area contributed by atoms with Gasteiger partial charge in [-0.1, -0.05) is 6.07 Å². The number of nitro groups is 1. The molecule has 0 fully saturated rings. The van der Waals surface area contributed by atoms with Gasteiger partial charge in [0.1, 0.15) is 11.5 Å². The van der Waals surface area contributed by atoms with Crippen LogP contribution in [0.5, 0.6) is 11.5 Å². The van der Waals surface area contributed by atoms with Crippen molar-refractivity contribution < 1.29 is 9.66 Å². The molecule has 5 heteroatoms. The number of benzene rings is 2. The fourth-order valence-electron chi connectivity index (χ4n) is 1.88. The predicted molar refractivity (Wildman–Crippen MR) is 74.9 cm³/mol. The summed E-state index contributed by atoms with van der Waals surface area (Å²) in [6.45, 7) is 0. The van der Waals surface area contributed by atoms with Gasteiger partial charge in [-0.05, 0) is 30.3 Å². The van der Waals surface area contributed by atoms with E-state index in [4.69, 9.17) is 4.74 Å². The number of nitrogens with zero attached hydrogens (tertiary/aromatic N) is 2. The normalized spacial score (nSPS) is 10.4.